The molecule has 0 aromatic heterocycles. The molecule has 0 saturated heterocycles. The fraction of sp³-hybridized carbons (Fsp3) is 0.500. The molecular weight excluding hydrogens is 238 g/mol. The van der Waals surface area contributed by atoms with Crippen LogP contribution in [0.15, 0.2) is 24.3 Å². The maximum absolute atomic E-state index is 12.0. The van der Waals surface area contributed by atoms with Crippen LogP contribution in [0.3, 0.4) is 0 Å². The molecule has 2 unspecified atom stereocenters. The van der Waals surface area contributed by atoms with Crippen LogP contribution in [0, 0.1) is 0 Å². The second kappa shape index (κ2) is 4.66. The minimum absolute atomic E-state index is 0.0646. The zero-order valence-electron chi connectivity index (χ0n) is 9.80. The largest absolute Gasteiger partial charge is 0.493 e. The molecule has 1 aromatic rings. The highest BCUT2D eigenvalue weighted by Gasteiger charge is 2.30. The molecule has 0 saturated carbocycles. The number of rotatable bonds is 4. The van der Waals surface area contributed by atoms with Crippen molar-refractivity contribution >= 4 is 9.84 Å². The molecule has 2 N–H and O–H groups in total. The fourth-order valence-corrected chi connectivity index (χ4v) is 3.42. The first-order valence-electron chi connectivity index (χ1n) is 5.68. The summed E-state index contributed by atoms with van der Waals surface area (Å²) in [4.78, 5) is 0. The smallest absolute Gasteiger partial charge is 0.154 e. The Kier molecular flexibility index (Phi) is 3.40. The number of hydrogen-bond donors (Lipinski definition) is 1. The van der Waals surface area contributed by atoms with Crippen LogP contribution in [0.25, 0.3) is 0 Å². The average Bonchev–Trinajstić information content (AvgIpc) is 2.71. The molecule has 0 bridgehead atoms. The quantitative estimate of drug-likeness (QED) is 0.868. The van der Waals surface area contributed by atoms with E-state index >= 15 is 0 Å². The number of hydrogen-bond acceptors (Lipinski definition) is 4. The van der Waals surface area contributed by atoms with Gasteiger partial charge in [-0.3, -0.25) is 0 Å². The topological polar surface area (TPSA) is 69.4 Å². The van der Waals surface area contributed by atoms with Crippen molar-refractivity contribution in [2.75, 3.05) is 18.9 Å². The molecule has 17 heavy (non-hydrogen) atoms. The molecule has 1 aromatic carbocycles. The van der Waals surface area contributed by atoms with Crippen molar-refractivity contribution in [3.05, 3.63) is 29.8 Å². The number of benzene rings is 1. The first-order chi connectivity index (χ1) is 8.04. The van der Waals surface area contributed by atoms with Crippen molar-refractivity contribution in [1.29, 1.82) is 0 Å². The summed E-state index contributed by atoms with van der Waals surface area (Å²) in [7, 11) is -3.14. The molecule has 0 spiro atoms. The van der Waals surface area contributed by atoms with Crippen LogP contribution in [0.4, 0.5) is 0 Å². The SMILES string of the molecule is CC(CN)S(=O)(=O)CC1COc2ccccc21. The molecule has 1 aliphatic heterocycles. The van der Waals surface area contributed by atoms with E-state index in [4.69, 9.17) is 10.5 Å². The van der Waals surface area contributed by atoms with E-state index in [1.54, 1.807) is 6.92 Å². The Balaban J connectivity index is 2.18. The molecule has 5 heteroatoms. The molecule has 0 aliphatic carbocycles. The molecule has 1 aliphatic rings. The number of fused-ring (bicyclic) bond motifs is 1. The fourth-order valence-electron chi connectivity index (χ4n) is 1.96. The van der Waals surface area contributed by atoms with Gasteiger partial charge in [-0.2, -0.15) is 0 Å². The predicted octanol–water partition coefficient (Wildman–Crippen LogP) is 0.925. The minimum Gasteiger partial charge on any atom is -0.493 e. The second-order valence-electron chi connectivity index (χ2n) is 4.42. The molecule has 0 radical (unpaired) electrons. The van der Waals surface area contributed by atoms with Crippen molar-refractivity contribution in [3.8, 4) is 5.75 Å². The Morgan fingerprint density at radius 1 is 1.47 bits per heavy atom. The summed E-state index contributed by atoms with van der Waals surface area (Å²) in [6, 6.07) is 7.58. The van der Waals surface area contributed by atoms with Gasteiger partial charge >= 0.3 is 0 Å². The van der Waals surface area contributed by atoms with Gasteiger partial charge in [0, 0.05) is 18.0 Å². The first kappa shape index (κ1) is 12.4. The van der Waals surface area contributed by atoms with Gasteiger partial charge in [0.2, 0.25) is 0 Å². The number of nitrogens with two attached hydrogens (primary N) is 1. The zero-order chi connectivity index (χ0) is 12.5. The molecule has 2 atom stereocenters. The third-order valence-electron chi connectivity index (χ3n) is 3.18. The summed E-state index contributed by atoms with van der Waals surface area (Å²) < 4.78 is 29.5. The maximum atomic E-state index is 12.0. The summed E-state index contributed by atoms with van der Waals surface area (Å²) in [5, 5.41) is -0.490. The second-order valence-corrected chi connectivity index (χ2v) is 6.89. The van der Waals surface area contributed by atoms with Crippen LogP contribution in [0.1, 0.15) is 18.4 Å². The molecule has 4 nitrogen and oxygen atoms in total. The lowest BCUT2D eigenvalue weighted by molar-refractivity contribution is 0.337. The van der Waals surface area contributed by atoms with E-state index in [9.17, 15) is 8.42 Å². The number of para-hydroxylation sites is 1. The number of ether oxygens (including phenoxy) is 1. The van der Waals surface area contributed by atoms with Gasteiger partial charge in [0.15, 0.2) is 9.84 Å². The Morgan fingerprint density at radius 2 is 2.18 bits per heavy atom. The maximum Gasteiger partial charge on any atom is 0.154 e. The Hall–Kier alpha value is -1.07. The van der Waals surface area contributed by atoms with Crippen molar-refractivity contribution < 1.29 is 13.2 Å². The standard InChI is InChI=1S/C12H17NO3S/c1-9(6-13)17(14,15)8-10-7-16-12-5-3-2-4-11(10)12/h2-5,9-10H,6-8,13H2,1H3. The average molecular weight is 255 g/mol. The first-order valence-corrected chi connectivity index (χ1v) is 7.39. The van der Waals surface area contributed by atoms with Crippen LogP contribution in [0.5, 0.6) is 5.75 Å². The third-order valence-corrected chi connectivity index (χ3v) is 5.46. The van der Waals surface area contributed by atoms with E-state index in [-0.39, 0.29) is 18.2 Å². The van der Waals surface area contributed by atoms with E-state index in [0.29, 0.717) is 6.61 Å². The lowest BCUT2D eigenvalue weighted by Gasteiger charge is -2.14. The van der Waals surface area contributed by atoms with Gasteiger partial charge in [-0.1, -0.05) is 18.2 Å². The molecular formula is C12H17NO3S. The van der Waals surface area contributed by atoms with E-state index < -0.39 is 15.1 Å². The van der Waals surface area contributed by atoms with Gasteiger partial charge in [0.1, 0.15) is 5.75 Å². The van der Waals surface area contributed by atoms with Crippen molar-refractivity contribution in [2.24, 2.45) is 5.73 Å². The van der Waals surface area contributed by atoms with Crippen LogP contribution >= 0.6 is 0 Å². The lowest BCUT2D eigenvalue weighted by Crippen LogP contribution is -2.31. The highest BCUT2D eigenvalue weighted by molar-refractivity contribution is 7.92. The van der Waals surface area contributed by atoms with E-state index in [2.05, 4.69) is 0 Å². The molecule has 0 fully saturated rings. The normalized spacial score (nSPS) is 20.7. The van der Waals surface area contributed by atoms with E-state index in [0.717, 1.165) is 11.3 Å². The molecule has 1 heterocycles. The van der Waals surface area contributed by atoms with E-state index in [1.807, 2.05) is 24.3 Å². The van der Waals surface area contributed by atoms with Gasteiger partial charge in [0.05, 0.1) is 17.6 Å². The highest BCUT2D eigenvalue weighted by Crippen LogP contribution is 2.34. The summed E-state index contributed by atoms with van der Waals surface area (Å²) in [6.45, 7) is 2.25. The summed E-state index contributed by atoms with van der Waals surface area (Å²) in [6.07, 6.45) is 0. The summed E-state index contributed by atoms with van der Waals surface area (Å²) >= 11 is 0. The van der Waals surface area contributed by atoms with Gasteiger partial charge in [0.25, 0.3) is 0 Å². The van der Waals surface area contributed by atoms with Gasteiger partial charge in [-0.15, -0.1) is 0 Å². The van der Waals surface area contributed by atoms with Crippen molar-refractivity contribution in [1.82, 2.24) is 0 Å². The zero-order valence-corrected chi connectivity index (χ0v) is 10.6. The Bertz CT molecular complexity index is 498. The van der Waals surface area contributed by atoms with Gasteiger partial charge < -0.3 is 10.5 Å². The van der Waals surface area contributed by atoms with Crippen LogP contribution in [0.2, 0.25) is 0 Å². The van der Waals surface area contributed by atoms with Crippen molar-refractivity contribution in [3.63, 3.8) is 0 Å². The Morgan fingerprint density at radius 3 is 2.88 bits per heavy atom. The van der Waals surface area contributed by atoms with Crippen molar-refractivity contribution in [2.45, 2.75) is 18.1 Å². The predicted molar refractivity (Wildman–Crippen MR) is 67.0 cm³/mol. The molecule has 94 valence electrons. The monoisotopic (exact) mass is 255 g/mol. The molecule has 0 amide bonds. The third kappa shape index (κ3) is 2.45. The molecule has 2 rings (SSSR count). The van der Waals surface area contributed by atoms with Gasteiger partial charge in [-0.05, 0) is 13.0 Å². The van der Waals surface area contributed by atoms with Crippen LogP contribution in [-0.2, 0) is 9.84 Å². The van der Waals surface area contributed by atoms with Gasteiger partial charge in [-0.25, -0.2) is 8.42 Å². The van der Waals surface area contributed by atoms with E-state index in [1.165, 1.54) is 0 Å². The van der Waals surface area contributed by atoms with Crippen LogP contribution < -0.4 is 10.5 Å². The summed E-state index contributed by atoms with van der Waals surface area (Å²) in [5.41, 5.74) is 6.40. The summed E-state index contributed by atoms with van der Waals surface area (Å²) in [5.74, 6) is 0.848. The number of sulfone groups is 1. The lowest BCUT2D eigenvalue weighted by atomic mass is 10.0. The minimum atomic E-state index is -3.14. The Labute approximate surface area is 102 Å². The highest BCUT2D eigenvalue weighted by atomic mass is 32.2. The van der Waals surface area contributed by atoms with Crippen LogP contribution in [-0.4, -0.2) is 32.6 Å².